The molecule has 2 heterocycles. The Kier molecular flexibility index (Phi) is 31.2. The van der Waals surface area contributed by atoms with Crippen LogP contribution in [-0.2, 0) is 78.4 Å². The molecule has 1 fully saturated rings. The SMILES string of the molecule is CC(=O)N[C@H](Cc1ccc2ccccc2c1)C(=O)N[C@@H](Cc1ccc(Cl)cc1)C(=O)N[C@H](Cc1cccnc1)C(=O)N[C@@H](CO)C(=O)N[C@H](Cc1ccc(O)cc1)C(=O)N[C@H](CCCNC(N)=O)C(=O)N[C@@H](CC(C)C)C(=O)N[C@@H](CCCN=C(N)N)C(=O)N1CCC[C@H]1C(=O)N[C@H](C)C(N)=O. The predicted molar refractivity (Wildman–Crippen MR) is 378 cm³/mol. The highest BCUT2D eigenvalue weighted by atomic mass is 35.5. The summed E-state index contributed by atoms with van der Waals surface area (Å²) in [4.78, 5) is 176. The molecule has 6 rings (SSSR count). The summed E-state index contributed by atoms with van der Waals surface area (Å²) in [6.45, 7) is 5.15. The molecule has 20 N–H and O–H groups in total. The lowest BCUT2D eigenvalue weighted by molar-refractivity contribution is -0.142. The van der Waals surface area contributed by atoms with E-state index in [1.54, 1.807) is 50.2 Å². The number of rotatable bonds is 38. The maximum atomic E-state index is 14.9. The maximum absolute atomic E-state index is 14.9. The van der Waals surface area contributed by atoms with Gasteiger partial charge >= 0.3 is 6.03 Å². The van der Waals surface area contributed by atoms with Crippen molar-refractivity contribution < 1.29 is 67.7 Å². The number of carbonyl (C=O) groups is 12. The Morgan fingerprint density at radius 3 is 1.63 bits per heavy atom. The molecule has 32 heteroatoms. The number of primary amides is 2. The second-order valence-electron chi connectivity index (χ2n) is 25.4. The van der Waals surface area contributed by atoms with E-state index in [0.717, 1.165) is 10.8 Å². The third kappa shape index (κ3) is 26.0. The Morgan fingerprint density at radius 1 is 0.569 bits per heavy atom. The van der Waals surface area contributed by atoms with Gasteiger partial charge in [0, 0.05) is 69.7 Å². The van der Waals surface area contributed by atoms with Crippen molar-refractivity contribution in [1.82, 2.24) is 63.1 Å². The number of nitrogens with one attached hydrogen (secondary N) is 10. The van der Waals surface area contributed by atoms with Gasteiger partial charge in [-0.15, -0.1) is 0 Å². The summed E-state index contributed by atoms with van der Waals surface area (Å²) in [5.74, 6) is -9.82. The molecule has 0 radical (unpaired) electrons. The molecule has 1 saturated heterocycles. The van der Waals surface area contributed by atoms with E-state index in [2.05, 4.69) is 63.1 Å². The normalized spacial score (nSPS) is 15.2. The molecule has 0 spiro atoms. The number of urea groups is 1. The number of amides is 13. The number of fused-ring (bicyclic) bond motifs is 1. The molecule has 5 aromatic rings. The van der Waals surface area contributed by atoms with Crippen molar-refractivity contribution in [2.75, 3.05) is 26.2 Å². The molecule has 0 saturated carbocycles. The molecule has 10 atom stereocenters. The smallest absolute Gasteiger partial charge is 0.312 e. The predicted octanol–water partition coefficient (Wildman–Crippen LogP) is -0.716. The summed E-state index contributed by atoms with van der Waals surface area (Å²) >= 11 is 6.23. The van der Waals surface area contributed by atoms with Crippen molar-refractivity contribution in [1.29, 1.82) is 0 Å². The molecule has 548 valence electrons. The van der Waals surface area contributed by atoms with Crippen LogP contribution < -0.4 is 76.1 Å². The zero-order valence-corrected chi connectivity index (χ0v) is 58.0. The van der Waals surface area contributed by atoms with Crippen molar-refractivity contribution in [3.05, 3.63) is 143 Å². The highest BCUT2D eigenvalue weighted by molar-refractivity contribution is 6.30. The van der Waals surface area contributed by atoms with Crippen LogP contribution in [0.4, 0.5) is 4.79 Å². The van der Waals surface area contributed by atoms with Gasteiger partial charge in [0.05, 0.1) is 6.61 Å². The number of nitrogens with two attached hydrogens (primary N) is 4. The van der Waals surface area contributed by atoms with Crippen LogP contribution in [0.15, 0.2) is 121 Å². The standard InChI is InChI=1S/C70H92ClN17O14/c1-39(2)31-52(61(94)82-51(15-9-28-77-69(73)74)68(101)88-30-10-16-58(88)67(100)79-40(3)59(72)92)83-60(93)50(14-8-29-78-70(75)102)81-63(96)54(34-43-20-25-49(91)26-21-43)86-66(99)57(38-89)87-65(98)56(36-45-11-7-27-76-37-45)85-64(97)55(33-42-18-23-48(71)24-19-42)84-62(95)53(80-41(4)90)35-44-17-22-46-12-5-6-13-47(46)32-44/h5-7,11-13,17-27,32,37,39-40,50-58,89,91H,8-10,14-16,28-31,33-36,38H2,1-4H3,(H2,72,92)(H,79,100)(H,80,90)(H,81,96)(H,82,94)(H,83,93)(H,84,95)(H,85,97)(H,86,99)(H,87,98)(H4,73,74,77)(H3,75,78,102)/t40-,50-,51+,52+,53-,54-,55+,56-,57+,58+/m1/s1. The Labute approximate surface area is 595 Å². The van der Waals surface area contributed by atoms with E-state index in [1.807, 2.05) is 42.5 Å². The first-order valence-corrected chi connectivity index (χ1v) is 33.8. The van der Waals surface area contributed by atoms with E-state index >= 15 is 0 Å². The zero-order valence-electron chi connectivity index (χ0n) is 57.2. The second-order valence-corrected chi connectivity index (χ2v) is 25.8. The number of phenols is 1. The van der Waals surface area contributed by atoms with Crippen molar-refractivity contribution in [2.24, 2.45) is 33.8 Å². The first-order valence-electron chi connectivity index (χ1n) is 33.5. The van der Waals surface area contributed by atoms with Crippen LogP contribution >= 0.6 is 11.6 Å². The average molecular weight is 1430 g/mol. The number of aliphatic hydroxyl groups excluding tert-OH is 1. The van der Waals surface area contributed by atoms with E-state index in [4.69, 9.17) is 34.5 Å². The number of phenolic OH excluding ortho intramolecular Hbond substituents is 1. The number of halogens is 1. The van der Waals surface area contributed by atoms with Crippen LogP contribution in [0.25, 0.3) is 10.8 Å². The minimum atomic E-state index is -1.85. The highest BCUT2D eigenvalue weighted by Crippen LogP contribution is 2.22. The number of aromatic hydroxyl groups is 1. The number of benzene rings is 4. The largest absolute Gasteiger partial charge is 0.508 e. The van der Waals surface area contributed by atoms with Gasteiger partial charge in [0.1, 0.15) is 66.2 Å². The lowest BCUT2D eigenvalue weighted by Crippen LogP contribution is -2.61. The number of pyridine rings is 1. The number of guanidine groups is 1. The Hall–Kier alpha value is -10.9. The van der Waals surface area contributed by atoms with Crippen molar-refractivity contribution >= 4 is 99.3 Å². The minimum Gasteiger partial charge on any atom is -0.508 e. The van der Waals surface area contributed by atoms with Gasteiger partial charge in [0.15, 0.2) is 5.96 Å². The molecule has 1 aliphatic heterocycles. The second kappa shape index (κ2) is 39.7. The fourth-order valence-electron chi connectivity index (χ4n) is 11.4. The van der Waals surface area contributed by atoms with Crippen LogP contribution in [-0.4, -0.2) is 184 Å². The first kappa shape index (κ1) is 80.0. The summed E-state index contributed by atoms with van der Waals surface area (Å²) in [6, 6.07) is 13.5. The molecular formula is C70H92ClN17O14. The number of likely N-dealkylation sites (tertiary alicyclic amines) is 1. The highest BCUT2D eigenvalue weighted by Gasteiger charge is 2.40. The number of aliphatic hydroxyl groups is 1. The Morgan fingerprint density at radius 2 is 1.07 bits per heavy atom. The topological polar surface area (TPSA) is 498 Å². The number of carbonyl (C=O) groups excluding carboxylic acids is 12. The molecule has 4 aromatic carbocycles. The summed E-state index contributed by atoms with van der Waals surface area (Å²) < 4.78 is 0. The van der Waals surface area contributed by atoms with E-state index in [-0.39, 0.29) is 101 Å². The number of hydrogen-bond donors (Lipinski definition) is 16. The molecular weight excluding hydrogens is 1340 g/mol. The molecule has 0 aliphatic carbocycles. The quantitative estimate of drug-likeness (QED) is 0.0132. The lowest BCUT2D eigenvalue weighted by atomic mass is 9.99. The number of aromatic nitrogens is 1. The summed E-state index contributed by atoms with van der Waals surface area (Å²) in [5.41, 5.74) is 23.9. The molecule has 102 heavy (non-hydrogen) atoms. The molecule has 0 bridgehead atoms. The number of aliphatic imine (C=N–C) groups is 1. The van der Waals surface area contributed by atoms with Gasteiger partial charge in [0.2, 0.25) is 65.0 Å². The summed E-state index contributed by atoms with van der Waals surface area (Å²) in [5, 5.41) is 49.5. The molecule has 31 nitrogen and oxygen atoms in total. The number of nitrogens with zero attached hydrogens (tertiary/aromatic N) is 3. The third-order valence-corrected chi connectivity index (χ3v) is 16.9. The van der Waals surface area contributed by atoms with E-state index in [0.29, 0.717) is 33.7 Å². The van der Waals surface area contributed by atoms with Gasteiger partial charge in [-0.3, -0.25) is 62.7 Å². The van der Waals surface area contributed by atoms with Gasteiger partial charge < -0.3 is 91.2 Å². The molecule has 1 aliphatic rings. The summed E-state index contributed by atoms with van der Waals surface area (Å²) in [6.07, 6.45) is 2.70. The van der Waals surface area contributed by atoms with E-state index < -0.39 is 138 Å². The van der Waals surface area contributed by atoms with E-state index in [1.165, 1.54) is 55.4 Å². The molecule has 0 unspecified atom stereocenters. The Bertz CT molecular complexity index is 3770. The number of hydrogen-bond acceptors (Lipinski definition) is 16. The fraction of sp³-hybridized carbons (Fsp3) is 0.429. The molecule has 1 aromatic heterocycles. The maximum Gasteiger partial charge on any atom is 0.312 e. The van der Waals surface area contributed by atoms with Gasteiger partial charge in [-0.2, -0.15) is 0 Å². The Balaban J connectivity index is 1.26. The molecule has 13 amide bonds. The first-order chi connectivity index (χ1) is 48.6. The van der Waals surface area contributed by atoms with Gasteiger partial charge in [-0.05, 0) is 121 Å². The average Bonchev–Trinajstić information content (AvgIpc) is 1.13. The van der Waals surface area contributed by atoms with Crippen LogP contribution in [0.3, 0.4) is 0 Å². The van der Waals surface area contributed by atoms with Crippen LogP contribution in [0.2, 0.25) is 5.02 Å². The van der Waals surface area contributed by atoms with Gasteiger partial charge in [-0.25, -0.2) is 4.79 Å². The third-order valence-electron chi connectivity index (χ3n) is 16.7. The minimum absolute atomic E-state index is 0.000209. The van der Waals surface area contributed by atoms with Crippen molar-refractivity contribution in [3.63, 3.8) is 0 Å². The van der Waals surface area contributed by atoms with Crippen LogP contribution in [0.5, 0.6) is 5.75 Å². The van der Waals surface area contributed by atoms with E-state index in [9.17, 15) is 67.7 Å². The summed E-state index contributed by atoms with van der Waals surface area (Å²) in [7, 11) is 0. The van der Waals surface area contributed by atoms with Gasteiger partial charge in [0.25, 0.3) is 0 Å². The van der Waals surface area contributed by atoms with Crippen molar-refractivity contribution in [3.8, 4) is 5.75 Å². The van der Waals surface area contributed by atoms with Gasteiger partial charge in [-0.1, -0.05) is 98.2 Å². The van der Waals surface area contributed by atoms with Crippen LogP contribution in [0, 0.1) is 5.92 Å². The van der Waals surface area contributed by atoms with Crippen LogP contribution in [0.1, 0.15) is 94.9 Å². The zero-order chi connectivity index (χ0) is 74.6. The fourth-order valence-corrected chi connectivity index (χ4v) is 11.5. The lowest BCUT2D eigenvalue weighted by Gasteiger charge is -2.31. The monoisotopic (exact) mass is 1430 g/mol. The van der Waals surface area contributed by atoms with Crippen molar-refractivity contribution in [2.45, 2.75) is 159 Å².